The molecule has 0 saturated heterocycles. The molecule has 0 spiro atoms. The van der Waals surface area contributed by atoms with Crippen LogP contribution in [0.15, 0.2) is 47.1 Å². The van der Waals surface area contributed by atoms with Crippen molar-refractivity contribution in [3.05, 3.63) is 58.2 Å². The molecule has 3 nitrogen and oxygen atoms in total. The topological polar surface area (TPSA) is 42.0 Å². The van der Waals surface area contributed by atoms with Gasteiger partial charge in [0, 0.05) is 10.7 Å². The van der Waals surface area contributed by atoms with Crippen LogP contribution in [0.4, 0.5) is 5.82 Å². The number of amides is 1. The van der Waals surface area contributed by atoms with Crippen molar-refractivity contribution in [1.82, 2.24) is 4.98 Å². The summed E-state index contributed by atoms with van der Waals surface area (Å²) >= 11 is 3.35. The third kappa shape index (κ3) is 4.17. The number of rotatable bonds is 4. The van der Waals surface area contributed by atoms with Gasteiger partial charge in [0.1, 0.15) is 5.82 Å². The zero-order valence-electron chi connectivity index (χ0n) is 11.6. The van der Waals surface area contributed by atoms with Crippen LogP contribution < -0.4 is 5.32 Å². The van der Waals surface area contributed by atoms with Crippen LogP contribution in [-0.2, 0) is 11.2 Å². The van der Waals surface area contributed by atoms with E-state index in [-0.39, 0.29) is 5.91 Å². The van der Waals surface area contributed by atoms with E-state index in [0.717, 1.165) is 10.0 Å². The molecular weight excluding hydrogens is 316 g/mol. The molecule has 0 bridgehead atoms. The van der Waals surface area contributed by atoms with Gasteiger partial charge in [0.05, 0.1) is 6.42 Å². The minimum atomic E-state index is -0.0621. The van der Waals surface area contributed by atoms with E-state index < -0.39 is 0 Å². The van der Waals surface area contributed by atoms with Crippen LogP contribution >= 0.6 is 15.9 Å². The van der Waals surface area contributed by atoms with E-state index >= 15 is 0 Å². The average molecular weight is 333 g/mol. The van der Waals surface area contributed by atoms with E-state index in [1.54, 1.807) is 12.3 Å². The summed E-state index contributed by atoms with van der Waals surface area (Å²) in [7, 11) is 0. The molecule has 1 aromatic carbocycles. The number of pyridine rings is 1. The molecule has 1 aromatic heterocycles. The van der Waals surface area contributed by atoms with E-state index in [2.05, 4.69) is 52.2 Å². The van der Waals surface area contributed by atoms with Crippen molar-refractivity contribution >= 4 is 27.7 Å². The zero-order valence-corrected chi connectivity index (χ0v) is 13.1. The van der Waals surface area contributed by atoms with Gasteiger partial charge in [-0.25, -0.2) is 4.98 Å². The summed E-state index contributed by atoms with van der Waals surface area (Å²) in [6.45, 7) is 4.31. The predicted molar refractivity (Wildman–Crippen MR) is 84.8 cm³/mol. The number of aromatic nitrogens is 1. The Hall–Kier alpha value is -1.68. The van der Waals surface area contributed by atoms with Crippen molar-refractivity contribution < 1.29 is 4.79 Å². The minimum absolute atomic E-state index is 0.0621. The van der Waals surface area contributed by atoms with Crippen LogP contribution in [0.1, 0.15) is 30.9 Å². The molecule has 1 heterocycles. The highest BCUT2D eigenvalue weighted by atomic mass is 79.9. The van der Waals surface area contributed by atoms with Gasteiger partial charge in [-0.3, -0.25) is 4.79 Å². The molecule has 0 radical (unpaired) electrons. The first kappa shape index (κ1) is 14.7. The van der Waals surface area contributed by atoms with Crippen LogP contribution in [0.5, 0.6) is 0 Å². The molecule has 1 amide bonds. The molecule has 0 aliphatic heterocycles. The van der Waals surface area contributed by atoms with Gasteiger partial charge in [-0.05, 0) is 29.2 Å². The molecule has 1 N–H and O–H groups in total. The number of benzene rings is 1. The molecule has 2 rings (SSSR count). The summed E-state index contributed by atoms with van der Waals surface area (Å²) in [6, 6.07) is 11.8. The predicted octanol–water partition coefficient (Wildman–Crippen LogP) is 4.15. The number of hydrogen-bond acceptors (Lipinski definition) is 2. The normalized spacial score (nSPS) is 10.6. The average Bonchev–Trinajstić information content (AvgIpc) is 2.39. The largest absolute Gasteiger partial charge is 0.310 e. The number of nitrogens with zero attached hydrogens (tertiary/aromatic N) is 1. The fraction of sp³-hybridized carbons (Fsp3) is 0.250. The van der Waals surface area contributed by atoms with Gasteiger partial charge in [0.25, 0.3) is 0 Å². The van der Waals surface area contributed by atoms with E-state index in [1.807, 2.05) is 18.2 Å². The second-order valence-corrected chi connectivity index (χ2v) is 5.90. The molecule has 0 unspecified atom stereocenters. The van der Waals surface area contributed by atoms with E-state index in [9.17, 15) is 4.79 Å². The second-order valence-electron chi connectivity index (χ2n) is 4.98. The molecular formula is C16H17BrN2O. The lowest BCUT2D eigenvalue weighted by Gasteiger charge is -2.07. The Morgan fingerprint density at radius 3 is 2.55 bits per heavy atom. The number of nitrogens with one attached hydrogen (secondary N) is 1. The number of carbonyl (C=O) groups excluding carboxylic acids is 1. The Morgan fingerprint density at radius 2 is 1.95 bits per heavy atom. The Morgan fingerprint density at radius 1 is 1.25 bits per heavy atom. The van der Waals surface area contributed by atoms with Gasteiger partial charge in [-0.2, -0.15) is 0 Å². The highest BCUT2D eigenvalue weighted by molar-refractivity contribution is 9.10. The number of anilines is 1. The highest BCUT2D eigenvalue weighted by Gasteiger charge is 2.06. The Labute approximate surface area is 127 Å². The molecule has 0 aliphatic rings. The summed E-state index contributed by atoms with van der Waals surface area (Å²) in [5.74, 6) is 1.000. The van der Waals surface area contributed by atoms with Crippen LogP contribution in [0.2, 0.25) is 0 Å². The van der Waals surface area contributed by atoms with Crippen molar-refractivity contribution in [2.45, 2.75) is 26.2 Å². The summed E-state index contributed by atoms with van der Waals surface area (Å²) in [5, 5.41) is 2.79. The fourth-order valence-corrected chi connectivity index (χ4v) is 2.20. The Bertz CT molecular complexity index is 594. The third-order valence-electron chi connectivity index (χ3n) is 3.00. The number of hydrogen-bond donors (Lipinski definition) is 1. The molecule has 2 aromatic rings. The smallest absolute Gasteiger partial charge is 0.229 e. The molecule has 104 valence electrons. The van der Waals surface area contributed by atoms with Crippen molar-refractivity contribution in [3.8, 4) is 0 Å². The minimum Gasteiger partial charge on any atom is -0.310 e. The van der Waals surface area contributed by atoms with Gasteiger partial charge < -0.3 is 5.32 Å². The first-order chi connectivity index (χ1) is 9.54. The summed E-state index contributed by atoms with van der Waals surface area (Å²) in [6.07, 6.45) is 2.00. The molecule has 0 atom stereocenters. The van der Waals surface area contributed by atoms with Crippen LogP contribution in [0, 0.1) is 0 Å². The monoisotopic (exact) mass is 332 g/mol. The second kappa shape index (κ2) is 6.66. The van der Waals surface area contributed by atoms with Crippen molar-refractivity contribution in [2.75, 3.05) is 5.32 Å². The van der Waals surface area contributed by atoms with Crippen molar-refractivity contribution in [1.29, 1.82) is 0 Å². The van der Waals surface area contributed by atoms with Crippen molar-refractivity contribution in [3.63, 3.8) is 0 Å². The van der Waals surface area contributed by atoms with Gasteiger partial charge in [0.15, 0.2) is 0 Å². The van der Waals surface area contributed by atoms with Gasteiger partial charge in [-0.15, -0.1) is 0 Å². The van der Waals surface area contributed by atoms with E-state index in [1.165, 1.54) is 5.56 Å². The van der Waals surface area contributed by atoms with Crippen LogP contribution in [0.3, 0.4) is 0 Å². The maximum atomic E-state index is 11.9. The van der Waals surface area contributed by atoms with Gasteiger partial charge in [-0.1, -0.05) is 54.0 Å². The van der Waals surface area contributed by atoms with E-state index in [0.29, 0.717) is 18.2 Å². The molecule has 0 saturated carbocycles. The first-order valence-electron chi connectivity index (χ1n) is 6.55. The summed E-state index contributed by atoms with van der Waals surface area (Å²) in [4.78, 5) is 16.0. The van der Waals surface area contributed by atoms with E-state index in [4.69, 9.17) is 0 Å². The number of halogens is 1. The molecule has 0 fully saturated rings. The molecule has 4 heteroatoms. The lowest BCUT2D eigenvalue weighted by molar-refractivity contribution is -0.115. The maximum absolute atomic E-state index is 11.9. The lowest BCUT2D eigenvalue weighted by Crippen LogP contribution is -2.15. The Balaban J connectivity index is 1.97. The zero-order chi connectivity index (χ0) is 14.5. The lowest BCUT2D eigenvalue weighted by atomic mass is 10.0. The van der Waals surface area contributed by atoms with Crippen LogP contribution in [0.25, 0.3) is 0 Å². The Kier molecular flexibility index (Phi) is 4.90. The first-order valence-corrected chi connectivity index (χ1v) is 7.34. The molecule has 20 heavy (non-hydrogen) atoms. The SMILES string of the molecule is CC(C)c1ccc(CC(=O)Nc2cc(Br)ccn2)cc1. The third-order valence-corrected chi connectivity index (χ3v) is 3.49. The fourth-order valence-electron chi connectivity index (χ4n) is 1.87. The van der Waals surface area contributed by atoms with Crippen LogP contribution in [-0.4, -0.2) is 10.9 Å². The highest BCUT2D eigenvalue weighted by Crippen LogP contribution is 2.16. The maximum Gasteiger partial charge on any atom is 0.229 e. The summed E-state index contributed by atoms with van der Waals surface area (Å²) in [5.41, 5.74) is 2.28. The standard InChI is InChI=1S/C16H17BrN2O/c1-11(2)13-5-3-12(4-6-13)9-16(20)19-15-10-14(17)7-8-18-15/h3-8,10-11H,9H2,1-2H3,(H,18,19,20). The van der Waals surface area contributed by atoms with Gasteiger partial charge >= 0.3 is 0 Å². The molecule has 0 aliphatic carbocycles. The summed E-state index contributed by atoms with van der Waals surface area (Å²) < 4.78 is 0.893. The quantitative estimate of drug-likeness (QED) is 0.913. The van der Waals surface area contributed by atoms with Crippen molar-refractivity contribution in [2.24, 2.45) is 0 Å². The number of carbonyl (C=O) groups is 1. The van der Waals surface area contributed by atoms with Gasteiger partial charge in [0.2, 0.25) is 5.91 Å².